The maximum atomic E-state index is 13.5. The van der Waals surface area contributed by atoms with E-state index in [-0.39, 0.29) is 18.7 Å². The summed E-state index contributed by atoms with van der Waals surface area (Å²) in [6.45, 7) is 5.55. The van der Waals surface area contributed by atoms with Crippen molar-refractivity contribution in [2.24, 2.45) is 0 Å². The minimum Gasteiger partial charge on any atom is -0.462 e. The van der Waals surface area contributed by atoms with Crippen molar-refractivity contribution in [2.75, 3.05) is 11.9 Å². The molecule has 1 aromatic carbocycles. The van der Waals surface area contributed by atoms with Gasteiger partial charge < -0.3 is 15.0 Å². The highest BCUT2D eigenvalue weighted by molar-refractivity contribution is 5.93. The van der Waals surface area contributed by atoms with Crippen molar-refractivity contribution >= 4 is 17.6 Å². The molecule has 0 aliphatic carbocycles. The number of aromatic nitrogens is 1. The molecule has 0 saturated carbocycles. The highest BCUT2D eigenvalue weighted by atomic mass is 19.1. The van der Waals surface area contributed by atoms with Gasteiger partial charge in [0.05, 0.1) is 17.9 Å². The van der Waals surface area contributed by atoms with Crippen molar-refractivity contribution in [2.45, 2.75) is 33.6 Å². The van der Waals surface area contributed by atoms with E-state index in [2.05, 4.69) is 10.3 Å². The second-order valence-corrected chi connectivity index (χ2v) is 5.62. The number of carbonyl (C=O) groups excluding carboxylic acids is 2. The number of aryl methyl sites for hydroxylation is 2. The van der Waals surface area contributed by atoms with Gasteiger partial charge in [0.1, 0.15) is 11.6 Å². The first kappa shape index (κ1) is 18.6. The van der Waals surface area contributed by atoms with Crippen molar-refractivity contribution in [3.63, 3.8) is 0 Å². The van der Waals surface area contributed by atoms with Crippen LogP contribution in [0.15, 0.2) is 18.2 Å². The zero-order valence-corrected chi connectivity index (χ0v) is 14.3. The van der Waals surface area contributed by atoms with Gasteiger partial charge >= 0.3 is 5.97 Å². The van der Waals surface area contributed by atoms with Gasteiger partial charge in [-0.3, -0.25) is 4.79 Å². The first-order valence-electron chi connectivity index (χ1n) is 7.93. The Morgan fingerprint density at radius 2 is 1.96 bits per heavy atom. The molecule has 134 valence electrons. The van der Waals surface area contributed by atoms with Crippen LogP contribution in [0.25, 0.3) is 0 Å². The third-order valence-electron chi connectivity index (χ3n) is 3.83. The minimum absolute atomic E-state index is 0.0713. The molecule has 1 aromatic heterocycles. The van der Waals surface area contributed by atoms with Crippen molar-refractivity contribution in [3.05, 3.63) is 52.3 Å². The summed E-state index contributed by atoms with van der Waals surface area (Å²) in [6, 6.07) is 2.95. The fourth-order valence-corrected chi connectivity index (χ4v) is 2.62. The summed E-state index contributed by atoms with van der Waals surface area (Å²) >= 11 is 0. The summed E-state index contributed by atoms with van der Waals surface area (Å²) in [5.41, 5.74) is 2.56. The van der Waals surface area contributed by atoms with Gasteiger partial charge in [-0.2, -0.15) is 0 Å². The predicted molar refractivity (Wildman–Crippen MR) is 89.5 cm³/mol. The summed E-state index contributed by atoms with van der Waals surface area (Å²) in [7, 11) is 0. The van der Waals surface area contributed by atoms with Crippen LogP contribution in [0.2, 0.25) is 0 Å². The molecule has 2 aromatic rings. The zero-order chi connectivity index (χ0) is 18.6. The lowest BCUT2D eigenvalue weighted by Crippen LogP contribution is -2.14. The number of halogens is 2. The monoisotopic (exact) mass is 350 g/mol. The van der Waals surface area contributed by atoms with Gasteiger partial charge in [-0.15, -0.1) is 0 Å². The first-order valence-corrected chi connectivity index (χ1v) is 7.93. The van der Waals surface area contributed by atoms with E-state index >= 15 is 0 Å². The largest absolute Gasteiger partial charge is 0.462 e. The summed E-state index contributed by atoms with van der Waals surface area (Å²) in [5, 5.41) is 2.41. The molecule has 0 aliphatic heterocycles. The Bertz CT molecular complexity index is 800. The maximum Gasteiger partial charge on any atom is 0.340 e. The van der Waals surface area contributed by atoms with Gasteiger partial charge in [0.15, 0.2) is 0 Å². The van der Waals surface area contributed by atoms with Crippen LogP contribution in [-0.4, -0.2) is 23.5 Å². The van der Waals surface area contributed by atoms with E-state index in [0.717, 1.165) is 17.3 Å². The van der Waals surface area contributed by atoms with E-state index < -0.39 is 23.5 Å². The lowest BCUT2D eigenvalue weighted by molar-refractivity contribution is -0.116. The molecule has 0 fully saturated rings. The number of benzene rings is 1. The van der Waals surface area contributed by atoms with Crippen LogP contribution < -0.4 is 5.32 Å². The topological polar surface area (TPSA) is 71.2 Å². The molecule has 2 N–H and O–H groups in total. The van der Waals surface area contributed by atoms with E-state index in [1.165, 1.54) is 6.07 Å². The summed E-state index contributed by atoms with van der Waals surface area (Å²) in [5.74, 6) is -2.35. The number of hydrogen-bond donors (Lipinski definition) is 2. The number of aromatic amines is 1. The number of hydrogen-bond acceptors (Lipinski definition) is 3. The van der Waals surface area contributed by atoms with Crippen molar-refractivity contribution in [1.82, 2.24) is 4.98 Å². The Labute approximate surface area is 144 Å². The summed E-state index contributed by atoms with van der Waals surface area (Å²) < 4.78 is 31.4. The Kier molecular flexibility index (Phi) is 5.90. The van der Waals surface area contributed by atoms with E-state index in [0.29, 0.717) is 23.7 Å². The fourth-order valence-electron chi connectivity index (χ4n) is 2.62. The van der Waals surface area contributed by atoms with Crippen LogP contribution in [0.4, 0.5) is 14.5 Å². The number of ether oxygens (including phenoxy) is 1. The number of amides is 1. The second kappa shape index (κ2) is 7.92. The third-order valence-corrected chi connectivity index (χ3v) is 3.83. The van der Waals surface area contributed by atoms with Crippen LogP contribution in [-0.2, 0) is 16.0 Å². The second-order valence-electron chi connectivity index (χ2n) is 5.62. The Balaban J connectivity index is 2.02. The fraction of sp³-hybridized carbons (Fsp3) is 0.333. The minimum atomic E-state index is -0.829. The van der Waals surface area contributed by atoms with Gasteiger partial charge in [0.25, 0.3) is 0 Å². The molecule has 0 bridgehead atoms. The lowest BCUT2D eigenvalue weighted by Gasteiger charge is -2.07. The SMILES string of the molecule is CCOC(=O)c1c(C)[nH]c(CCC(=O)Nc2ccc(F)cc2F)c1C. The molecule has 0 saturated heterocycles. The van der Waals surface area contributed by atoms with E-state index in [1.807, 2.05) is 0 Å². The van der Waals surface area contributed by atoms with Crippen molar-refractivity contribution in [1.29, 1.82) is 0 Å². The van der Waals surface area contributed by atoms with Crippen LogP contribution in [0.5, 0.6) is 0 Å². The molecule has 1 amide bonds. The van der Waals surface area contributed by atoms with Gasteiger partial charge in [-0.1, -0.05) is 0 Å². The van der Waals surface area contributed by atoms with Crippen LogP contribution >= 0.6 is 0 Å². The van der Waals surface area contributed by atoms with E-state index in [1.54, 1.807) is 20.8 Å². The van der Waals surface area contributed by atoms with Gasteiger partial charge in [0, 0.05) is 23.9 Å². The standard InChI is InChI=1S/C18H20F2N2O3/c1-4-25-18(24)17-10(2)14(21-11(17)3)7-8-16(23)22-15-6-5-12(19)9-13(15)20/h5-6,9,21H,4,7-8H2,1-3H3,(H,22,23). The zero-order valence-electron chi connectivity index (χ0n) is 14.3. The smallest absolute Gasteiger partial charge is 0.340 e. The predicted octanol–water partition coefficient (Wildman–Crippen LogP) is 3.66. The average molecular weight is 350 g/mol. The number of H-pyrrole nitrogens is 1. The normalized spacial score (nSPS) is 10.6. The van der Waals surface area contributed by atoms with Crippen LogP contribution in [0, 0.1) is 25.5 Å². The summed E-state index contributed by atoms with van der Waals surface area (Å²) in [4.78, 5) is 27.0. The highest BCUT2D eigenvalue weighted by Crippen LogP contribution is 2.21. The number of esters is 1. The summed E-state index contributed by atoms with van der Waals surface area (Å²) in [6.07, 6.45) is 0.431. The third kappa shape index (κ3) is 4.43. The molecule has 0 unspecified atom stereocenters. The number of rotatable bonds is 6. The molecule has 5 nitrogen and oxygen atoms in total. The average Bonchev–Trinajstić information content (AvgIpc) is 2.82. The van der Waals surface area contributed by atoms with E-state index in [4.69, 9.17) is 4.74 Å². The molecule has 1 heterocycles. The molecular formula is C18H20F2N2O3. The molecule has 7 heteroatoms. The molecule has 0 atom stereocenters. The van der Waals surface area contributed by atoms with Crippen LogP contribution in [0.1, 0.15) is 40.7 Å². The molecule has 0 aliphatic rings. The van der Waals surface area contributed by atoms with Crippen molar-refractivity contribution in [3.8, 4) is 0 Å². The van der Waals surface area contributed by atoms with Gasteiger partial charge in [-0.05, 0) is 44.9 Å². The number of nitrogens with one attached hydrogen (secondary N) is 2. The van der Waals surface area contributed by atoms with Gasteiger partial charge in [0.2, 0.25) is 5.91 Å². The molecule has 25 heavy (non-hydrogen) atoms. The van der Waals surface area contributed by atoms with E-state index in [9.17, 15) is 18.4 Å². The number of anilines is 1. The first-order chi connectivity index (χ1) is 11.8. The molecule has 0 radical (unpaired) electrons. The maximum absolute atomic E-state index is 13.5. The lowest BCUT2D eigenvalue weighted by atomic mass is 10.1. The van der Waals surface area contributed by atoms with Crippen molar-refractivity contribution < 1.29 is 23.1 Å². The molecule has 0 spiro atoms. The molecule has 2 rings (SSSR count). The Morgan fingerprint density at radius 1 is 1.24 bits per heavy atom. The van der Waals surface area contributed by atoms with Gasteiger partial charge in [-0.25, -0.2) is 13.6 Å². The Morgan fingerprint density at radius 3 is 2.60 bits per heavy atom. The quantitative estimate of drug-likeness (QED) is 0.781. The van der Waals surface area contributed by atoms with Crippen LogP contribution in [0.3, 0.4) is 0 Å². The molecular weight excluding hydrogens is 330 g/mol. The highest BCUT2D eigenvalue weighted by Gasteiger charge is 2.19. The Hall–Kier alpha value is -2.70. The number of carbonyl (C=O) groups is 2.